The molecule has 0 radical (unpaired) electrons. The molecule has 0 amide bonds. The number of hydrogen-bond donors (Lipinski definition) is 25. The molecular formula is C62H89NO43. The Morgan fingerprint density at radius 2 is 0.500 bits per heavy atom. The molecule has 44 heteroatoms. The second kappa shape index (κ2) is 35.4. The zero-order valence-corrected chi connectivity index (χ0v) is 55.4. The molecule has 0 aromatic heterocycles. The van der Waals surface area contributed by atoms with Gasteiger partial charge in [0.15, 0.2) is 50.3 Å². The summed E-state index contributed by atoms with van der Waals surface area (Å²) in [5, 5.41) is 274. The van der Waals surface area contributed by atoms with E-state index in [0.29, 0.717) is 0 Å². The van der Waals surface area contributed by atoms with Gasteiger partial charge in [-0.3, -0.25) is 0 Å². The van der Waals surface area contributed by atoms with Gasteiger partial charge >= 0.3 is 11.9 Å². The van der Waals surface area contributed by atoms with Gasteiger partial charge in [-0.1, -0.05) is 24.3 Å². The smallest absolute Gasteiger partial charge is 0.339 e. The highest BCUT2D eigenvalue weighted by molar-refractivity contribution is 5.94. The molecule has 25 N–H and O–H groups in total. The quantitative estimate of drug-likeness (QED) is 0.0835. The van der Waals surface area contributed by atoms with Crippen LogP contribution in [0.1, 0.15) is 20.7 Å². The Labute approximate surface area is 598 Å². The largest absolute Gasteiger partial charge is 0.490 e. The Kier molecular flexibility index (Phi) is 27.6. The summed E-state index contributed by atoms with van der Waals surface area (Å²) >= 11 is 0. The minimum Gasteiger partial charge on any atom is -0.490 e. The van der Waals surface area contributed by atoms with Crippen molar-refractivity contribution in [1.82, 2.24) is 0 Å². The number of para-hydroxylation sites is 2. The molecular weight excluding hydrogens is 1450 g/mol. The first kappa shape index (κ1) is 82.4. The number of nitrogens with one attached hydrogen (secondary N) is 1. The summed E-state index contributed by atoms with van der Waals surface area (Å²) in [6, 6.07) is 10.5. The Balaban J connectivity index is 0.897. The third kappa shape index (κ3) is 16.8. The van der Waals surface area contributed by atoms with E-state index in [9.17, 15) is 132 Å². The van der Waals surface area contributed by atoms with Crippen LogP contribution in [0.15, 0.2) is 48.5 Å². The Morgan fingerprint density at radius 3 is 0.764 bits per heavy atom. The Bertz CT molecular complexity index is 3080. The molecule has 32 rings (SSSR count). The summed E-state index contributed by atoms with van der Waals surface area (Å²) in [5.74, 6) is -3.22. The number of rotatable bonds is 14. The zero-order valence-electron chi connectivity index (χ0n) is 55.4. The molecule has 44 nitrogen and oxygen atoms in total. The van der Waals surface area contributed by atoms with Crippen molar-refractivity contribution in [2.24, 2.45) is 0 Å². The van der Waals surface area contributed by atoms with E-state index in [1.165, 1.54) is 42.5 Å². The van der Waals surface area contributed by atoms with Crippen molar-refractivity contribution >= 4 is 17.6 Å². The van der Waals surface area contributed by atoms with Gasteiger partial charge < -0.3 is 208 Å². The number of aliphatic hydroxyl groups is 22. The lowest BCUT2D eigenvalue weighted by molar-refractivity contribution is -0.403. The third-order valence-electron chi connectivity index (χ3n) is 19.7. The number of hydrogen-bond acceptors (Lipinski definition) is 42. The first-order chi connectivity index (χ1) is 50.6. The summed E-state index contributed by atoms with van der Waals surface area (Å²) in [6.45, 7) is -8.28. The zero-order chi connectivity index (χ0) is 76.6. The predicted octanol–water partition coefficient (Wildman–Crippen LogP) is -13.8. The van der Waals surface area contributed by atoms with Crippen molar-refractivity contribution in [3.05, 3.63) is 59.7 Å². The minimum absolute atomic E-state index is 0.0693. The average molecular weight is 1540 g/mol. The maximum Gasteiger partial charge on any atom is 0.339 e. The number of carbonyl (C=O) groups is 2. The van der Waals surface area contributed by atoms with Crippen molar-refractivity contribution in [1.29, 1.82) is 0 Å². The third-order valence-corrected chi connectivity index (χ3v) is 19.7. The van der Waals surface area contributed by atoms with Crippen LogP contribution in [0.2, 0.25) is 0 Å². The van der Waals surface area contributed by atoms with Gasteiger partial charge in [-0.15, -0.1) is 0 Å². The van der Waals surface area contributed by atoms with Crippen LogP contribution in [-0.2, 0) is 75.8 Å². The molecule has 0 spiro atoms. The van der Waals surface area contributed by atoms with E-state index in [4.69, 9.17) is 80.5 Å². The van der Waals surface area contributed by atoms with Crippen molar-refractivity contribution in [3.63, 3.8) is 0 Å². The minimum atomic E-state index is -2.35. The summed E-state index contributed by atoms with van der Waals surface area (Å²) in [6.07, 6.45) is -84.9. The van der Waals surface area contributed by atoms with Gasteiger partial charge in [0.25, 0.3) is 0 Å². The van der Waals surface area contributed by atoms with E-state index in [1.807, 2.05) is 0 Å². The van der Waals surface area contributed by atoms with Gasteiger partial charge in [0.2, 0.25) is 0 Å². The van der Waals surface area contributed by atoms with E-state index in [1.54, 1.807) is 0 Å². The van der Waals surface area contributed by atoms with Gasteiger partial charge in [0, 0.05) is 12.2 Å². The standard InChI is InChI=1S/C62H89NO43/c64-10-22-46-31(72)39(80)57(93-22)104-50-26(14-68)97-61(43(84)35(50)76)106-52-28(16-90-20-8-4-2-6-18(20)54(88)89)98-62(44(85)36(52)77)105-51-27(15-69)96-60(42(83)34(51)75)103-49-25(13-67)95-59(41(82)33(49)74)102-48-24(12-66)94-58(40(81)32(48)73)101-47-23(11-65)92-56(38(79)30(47)71)99-45-21(91-55(100-46)37(78)29(45)70)9-63-19-7-3-1-5-17(19)53(86)87/h1-8,21-52,55-85H,9-16H2,(H,86,87)(H,88,89)/t21-,22-,23-,24-,25-,26-,27-,28-,29-,30-,31-,32-,33-,34-,35-,36-,37-,38-,39-,40-,41-,42-,43-,44-,45-,46-,47-,48-,49-,50-,51-,52-,55-,56-,57-,58-,59-,60-,61-,62-/m1/s1. The molecule has 40 atom stereocenters. The Morgan fingerprint density at radius 1 is 0.283 bits per heavy atom. The van der Waals surface area contributed by atoms with Gasteiger partial charge in [-0.25, -0.2) is 9.59 Å². The molecule has 106 heavy (non-hydrogen) atoms. The average Bonchev–Trinajstić information content (AvgIpc) is 0.774. The number of benzene rings is 2. The van der Waals surface area contributed by atoms with E-state index in [2.05, 4.69) is 5.32 Å². The second-order valence-electron chi connectivity index (χ2n) is 26.4. The van der Waals surface area contributed by atoms with Crippen LogP contribution in [0.25, 0.3) is 0 Å². The molecule has 30 saturated heterocycles. The van der Waals surface area contributed by atoms with Crippen LogP contribution >= 0.6 is 0 Å². The predicted molar refractivity (Wildman–Crippen MR) is 328 cm³/mol. The fourth-order valence-electron chi connectivity index (χ4n) is 13.9. The summed E-state index contributed by atoms with van der Waals surface area (Å²) in [4.78, 5) is 24.5. The molecule has 30 aliphatic heterocycles. The fraction of sp³-hybridized carbons (Fsp3) is 0.774. The number of aliphatic hydroxyl groups excluding tert-OH is 22. The lowest BCUT2D eigenvalue weighted by atomic mass is 9.94. The van der Waals surface area contributed by atoms with Crippen molar-refractivity contribution in [2.45, 2.75) is 246 Å². The molecule has 2 aromatic carbocycles. The number of ether oxygens (including phenoxy) is 17. The highest BCUT2D eigenvalue weighted by atomic mass is 16.8. The van der Waals surface area contributed by atoms with Crippen LogP contribution in [0.3, 0.4) is 0 Å². The molecule has 0 saturated carbocycles. The lowest BCUT2D eigenvalue weighted by Crippen LogP contribution is -2.69. The van der Waals surface area contributed by atoms with Crippen LogP contribution in [0, 0.1) is 0 Å². The normalized spacial score (nSPS) is 47.8. The van der Waals surface area contributed by atoms with Crippen molar-refractivity contribution < 1.29 is 213 Å². The van der Waals surface area contributed by atoms with Crippen LogP contribution < -0.4 is 10.1 Å². The van der Waals surface area contributed by atoms with Gasteiger partial charge in [-0.2, -0.15) is 0 Å². The lowest BCUT2D eigenvalue weighted by Gasteiger charge is -2.50. The van der Waals surface area contributed by atoms with Crippen LogP contribution in [0.4, 0.5) is 5.69 Å². The first-order valence-corrected chi connectivity index (χ1v) is 33.6. The monoisotopic (exact) mass is 1540 g/mol. The van der Waals surface area contributed by atoms with E-state index in [0.717, 1.165) is 6.07 Å². The molecule has 600 valence electrons. The van der Waals surface area contributed by atoms with Crippen LogP contribution in [-0.4, -0.2) is 433 Å². The number of carboxylic acids is 2. The highest BCUT2D eigenvalue weighted by Crippen LogP contribution is 2.41. The molecule has 2 aromatic rings. The van der Waals surface area contributed by atoms with Gasteiger partial charge in [0.05, 0.1) is 45.2 Å². The molecule has 30 fully saturated rings. The van der Waals surface area contributed by atoms with Gasteiger partial charge in [-0.05, 0) is 24.3 Å². The molecule has 30 heterocycles. The number of aromatic carboxylic acids is 2. The summed E-state index contributed by atoms with van der Waals surface area (Å²) < 4.78 is 99.8. The van der Waals surface area contributed by atoms with E-state index >= 15 is 0 Å². The molecule has 0 unspecified atom stereocenters. The number of anilines is 1. The fourth-order valence-corrected chi connectivity index (χ4v) is 13.9. The summed E-state index contributed by atoms with van der Waals surface area (Å²) in [5.41, 5.74) is -0.777. The van der Waals surface area contributed by atoms with Crippen molar-refractivity contribution in [2.75, 3.05) is 58.1 Å². The maximum absolute atomic E-state index is 12.3. The number of carboxylic acid groups (broad SMARTS) is 2. The second-order valence-corrected chi connectivity index (χ2v) is 26.4. The summed E-state index contributed by atoms with van der Waals surface area (Å²) in [7, 11) is 0. The SMILES string of the molecule is O=C(O)c1ccccc1NC[C@H]1O[C@@H]2O[C@H]3[C@H](O)[C@@H](O)[C@@H](O[C@H]4[C@H](O)[C@@H](O)[C@@H](O[C@H]5[C@H](O)[C@@H](O)[C@@H](O[C@H]6[C@H](O)[C@@H](O)[C@@H](O[C@H]7[C@H](O)[C@@H](O)[C@@H](O[C@H]8[C@H](O)[C@@H](O)[C@@H](O[C@H]9[C@H](O)[C@@H](O)[C@@H](O[C@H]1[C@H](O)[C@H]2O)O[C@@H]9CO)O[C@@H]8CO)O[C@@H]7CO)O[C@@H]6CO)O[C@@H]5COc1ccccc1C(=O)O)O[C@@H]4CO)O[C@@H]3CO. The molecule has 0 aliphatic carbocycles. The molecule has 30 aliphatic rings. The van der Waals surface area contributed by atoms with E-state index < -0.39 is 316 Å². The van der Waals surface area contributed by atoms with Crippen molar-refractivity contribution in [3.8, 4) is 5.75 Å². The maximum atomic E-state index is 12.3. The van der Waals surface area contributed by atoms with Crippen LogP contribution in [0.5, 0.6) is 5.75 Å². The highest BCUT2D eigenvalue weighted by Gasteiger charge is 2.61. The first-order valence-electron chi connectivity index (χ1n) is 33.6. The van der Waals surface area contributed by atoms with E-state index in [-0.39, 0.29) is 17.0 Å². The topological polar surface area (TPSA) is 689 Å². The van der Waals surface area contributed by atoms with Gasteiger partial charge in [0.1, 0.15) is 213 Å². The molecule has 16 bridgehead atoms. The Hall–Kier alpha value is -4.54.